The first-order valence-corrected chi connectivity index (χ1v) is 7.04. The number of nitrogens with one attached hydrogen (secondary N) is 1. The number of aromatic carboxylic acids is 1. The van der Waals surface area contributed by atoms with Gasteiger partial charge in [-0.25, -0.2) is 9.78 Å². The highest BCUT2D eigenvalue weighted by atomic mass is 32.1. The second-order valence-corrected chi connectivity index (χ2v) is 5.15. The van der Waals surface area contributed by atoms with Crippen LogP contribution in [0, 0.1) is 0 Å². The minimum Gasteiger partial charge on any atom is -0.477 e. The van der Waals surface area contributed by atoms with E-state index in [1.54, 1.807) is 17.4 Å². The second-order valence-electron chi connectivity index (χ2n) is 4.15. The third-order valence-electron chi connectivity index (χ3n) is 2.84. The molecule has 2 aromatic heterocycles. The molecule has 0 amide bonds. The fraction of sp³-hybridized carbons (Fsp3) is 0.286. The maximum absolute atomic E-state index is 10.8. The lowest BCUT2D eigenvalue weighted by Crippen LogP contribution is -2.14. The van der Waals surface area contributed by atoms with E-state index in [1.807, 2.05) is 6.07 Å². The molecule has 4 nitrogen and oxygen atoms in total. The second kappa shape index (κ2) is 6.45. The molecular weight excluding hydrogens is 260 g/mol. The third kappa shape index (κ3) is 3.62. The van der Waals surface area contributed by atoms with Crippen LogP contribution in [-0.4, -0.2) is 16.1 Å². The molecule has 2 N–H and O–H groups in total. The van der Waals surface area contributed by atoms with Crippen molar-refractivity contribution in [2.45, 2.75) is 26.4 Å². The third-order valence-corrected chi connectivity index (χ3v) is 3.80. The fourth-order valence-corrected chi connectivity index (χ4v) is 2.78. The van der Waals surface area contributed by atoms with Crippen molar-refractivity contribution in [1.29, 1.82) is 0 Å². The van der Waals surface area contributed by atoms with Crippen molar-refractivity contribution in [2.24, 2.45) is 0 Å². The van der Waals surface area contributed by atoms with E-state index in [0.29, 0.717) is 6.54 Å². The smallest absolute Gasteiger partial charge is 0.354 e. The normalized spacial score (nSPS) is 10.6. The molecule has 0 bridgehead atoms. The van der Waals surface area contributed by atoms with Crippen molar-refractivity contribution in [2.75, 3.05) is 0 Å². The van der Waals surface area contributed by atoms with E-state index in [0.717, 1.165) is 18.7 Å². The van der Waals surface area contributed by atoms with Gasteiger partial charge in [-0.2, -0.15) is 0 Å². The molecule has 19 heavy (non-hydrogen) atoms. The van der Waals surface area contributed by atoms with Gasteiger partial charge in [0.05, 0.1) is 5.69 Å². The number of aromatic nitrogens is 1. The summed E-state index contributed by atoms with van der Waals surface area (Å²) in [4.78, 5) is 16.2. The molecule has 2 rings (SSSR count). The van der Waals surface area contributed by atoms with Crippen LogP contribution in [0.3, 0.4) is 0 Å². The summed E-state index contributed by atoms with van der Waals surface area (Å²) in [7, 11) is 0. The first kappa shape index (κ1) is 13.7. The number of hydrogen-bond acceptors (Lipinski definition) is 4. The van der Waals surface area contributed by atoms with Gasteiger partial charge in [0.2, 0.25) is 0 Å². The summed E-state index contributed by atoms with van der Waals surface area (Å²) in [6, 6.07) is 7.19. The monoisotopic (exact) mass is 276 g/mol. The molecule has 0 spiro atoms. The molecule has 2 aromatic rings. The van der Waals surface area contributed by atoms with E-state index in [1.165, 1.54) is 16.5 Å². The van der Waals surface area contributed by atoms with Crippen molar-refractivity contribution in [3.63, 3.8) is 0 Å². The van der Waals surface area contributed by atoms with Gasteiger partial charge in [0, 0.05) is 18.0 Å². The largest absolute Gasteiger partial charge is 0.477 e. The Morgan fingerprint density at radius 2 is 2.21 bits per heavy atom. The van der Waals surface area contributed by atoms with Crippen LogP contribution in [0.5, 0.6) is 0 Å². The van der Waals surface area contributed by atoms with Crippen molar-refractivity contribution >= 4 is 17.3 Å². The Labute approximate surface area is 116 Å². The van der Waals surface area contributed by atoms with Crippen LogP contribution in [0.4, 0.5) is 0 Å². The Morgan fingerprint density at radius 1 is 1.37 bits per heavy atom. The number of aryl methyl sites for hydroxylation is 1. The van der Waals surface area contributed by atoms with E-state index >= 15 is 0 Å². The maximum atomic E-state index is 10.8. The number of pyridine rings is 1. The van der Waals surface area contributed by atoms with Gasteiger partial charge >= 0.3 is 5.97 Å². The number of carbonyl (C=O) groups is 1. The van der Waals surface area contributed by atoms with Gasteiger partial charge in [-0.15, -0.1) is 11.3 Å². The van der Waals surface area contributed by atoms with E-state index in [2.05, 4.69) is 28.7 Å². The number of carboxylic acid groups (broad SMARTS) is 1. The molecule has 0 saturated heterocycles. The lowest BCUT2D eigenvalue weighted by atomic mass is 10.2. The minimum atomic E-state index is -0.992. The van der Waals surface area contributed by atoms with E-state index < -0.39 is 5.97 Å². The zero-order chi connectivity index (χ0) is 13.7. The summed E-state index contributed by atoms with van der Waals surface area (Å²) in [6.07, 6.45) is 1.03. The first-order valence-electron chi connectivity index (χ1n) is 6.16. The Bertz CT molecular complexity index is 566. The first-order chi connectivity index (χ1) is 9.20. The summed E-state index contributed by atoms with van der Waals surface area (Å²) in [5, 5.41) is 14.3. The molecule has 2 heterocycles. The predicted octanol–water partition coefficient (Wildman–Crippen LogP) is 2.69. The zero-order valence-electron chi connectivity index (χ0n) is 10.7. The molecule has 0 aliphatic carbocycles. The quantitative estimate of drug-likeness (QED) is 0.851. The lowest BCUT2D eigenvalue weighted by molar-refractivity contribution is 0.0690. The number of nitrogens with zero attached hydrogens (tertiary/aromatic N) is 1. The minimum absolute atomic E-state index is 0.0877. The van der Waals surface area contributed by atoms with E-state index in [-0.39, 0.29) is 5.69 Å². The Kier molecular flexibility index (Phi) is 4.65. The molecule has 0 aliphatic heterocycles. The summed E-state index contributed by atoms with van der Waals surface area (Å²) in [5.74, 6) is -0.992. The highest BCUT2D eigenvalue weighted by Gasteiger charge is 2.05. The van der Waals surface area contributed by atoms with E-state index in [4.69, 9.17) is 5.11 Å². The summed E-state index contributed by atoms with van der Waals surface area (Å²) < 4.78 is 0. The molecule has 0 aromatic carbocycles. The van der Waals surface area contributed by atoms with Gasteiger partial charge in [-0.3, -0.25) is 0 Å². The molecule has 0 saturated carbocycles. The topological polar surface area (TPSA) is 62.2 Å². The van der Waals surface area contributed by atoms with Crippen LogP contribution in [-0.2, 0) is 19.5 Å². The average Bonchev–Trinajstić information content (AvgIpc) is 2.86. The Balaban J connectivity index is 1.92. The van der Waals surface area contributed by atoms with Crippen LogP contribution in [0.2, 0.25) is 0 Å². The molecule has 0 radical (unpaired) electrons. The van der Waals surface area contributed by atoms with Gasteiger partial charge in [0.1, 0.15) is 5.69 Å². The van der Waals surface area contributed by atoms with E-state index in [9.17, 15) is 4.79 Å². The Morgan fingerprint density at radius 3 is 2.95 bits per heavy atom. The van der Waals surface area contributed by atoms with Gasteiger partial charge in [-0.1, -0.05) is 13.0 Å². The van der Waals surface area contributed by atoms with Crippen LogP contribution >= 0.6 is 11.3 Å². The van der Waals surface area contributed by atoms with Crippen molar-refractivity contribution < 1.29 is 9.90 Å². The summed E-state index contributed by atoms with van der Waals surface area (Å²) in [5.41, 5.74) is 2.20. The highest BCUT2D eigenvalue weighted by molar-refractivity contribution is 7.10. The fourth-order valence-electron chi connectivity index (χ4n) is 1.84. The average molecular weight is 276 g/mol. The molecule has 0 unspecified atom stereocenters. The van der Waals surface area contributed by atoms with Crippen LogP contribution < -0.4 is 5.32 Å². The maximum Gasteiger partial charge on any atom is 0.354 e. The standard InChI is InChI=1S/C14H16N2O2S/c1-2-10-6-7-19-13(10)9-15-8-11-4-3-5-12(16-11)14(17)18/h3-7,15H,2,8-9H2,1H3,(H,17,18). The van der Waals surface area contributed by atoms with Gasteiger partial charge in [-0.05, 0) is 35.6 Å². The number of thiophene rings is 1. The summed E-state index contributed by atoms with van der Waals surface area (Å²) in [6.45, 7) is 3.51. The molecule has 100 valence electrons. The van der Waals surface area contributed by atoms with Crippen LogP contribution in [0.25, 0.3) is 0 Å². The Hall–Kier alpha value is -1.72. The van der Waals surface area contributed by atoms with Gasteiger partial charge in [0.25, 0.3) is 0 Å². The van der Waals surface area contributed by atoms with Crippen molar-refractivity contribution in [1.82, 2.24) is 10.3 Å². The van der Waals surface area contributed by atoms with Gasteiger partial charge < -0.3 is 10.4 Å². The lowest BCUT2D eigenvalue weighted by Gasteiger charge is -2.05. The summed E-state index contributed by atoms with van der Waals surface area (Å²) >= 11 is 1.74. The predicted molar refractivity (Wildman–Crippen MR) is 75.4 cm³/mol. The molecule has 0 atom stereocenters. The zero-order valence-corrected chi connectivity index (χ0v) is 11.5. The molecule has 5 heteroatoms. The van der Waals surface area contributed by atoms with Crippen LogP contribution in [0.15, 0.2) is 29.6 Å². The number of hydrogen-bond donors (Lipinski definition) is 2. The van der Waals surface area contributed by atoms with Crippen molar-refractivity contribution in [3.05, 3.63) is 51.5 Å². The number of carboxylic acids is 1. The van der Waals surface area contributed by atoms with Crippen LogP contribution in [0.1, 0.15) is 33.5 Å². The molecular formula is C14H16N2O2S. The van der Waals surface area contributed by atoms with Gasteiger partial charge in [0.15, 0.2) is 0 Å². The van der Waals surface area contributed by atoms with Crippen molar-refractivity contribution in [3.8, 4) is 0 Å². The molecule has 0 fully saturated rings. The molecule has 0 aliphatic rings. The number of rotatable bonds is 6. The SMILES string of the molecule is CCc1ccsc1CNCc1cccc(C(=O)O)n1. The highest BCUT2D eigenvalue weighted by Crippen LogP contribution is 2.17.